The standard InChI is InChI=1S/C13H12BrNO2S/c1-10-3-2-4-12(9-10)15-18(16,17)13-7-5-11(14)6-8-13/h2-9,15H,1H3. The quantitative estimate of drug-likeness (QED) is 0.937. The van der Waals surface area contributed by atoms with E-state index >= 15 is 0 Å². The van der Waals surface area contributed by atoms with Crippen LogP contribution in [0.1, 0.15) is 5.56 Å². The van der Waals surface area contributed by atoms with Gasteiger partial charge in [0.2, 0.25) is 0 Å². The number of halogens is 1. The summed E-state index contributed by atoms with van der Waals surface area (Å²) < 4.78 is 27.6. The van der Waals surface area contributed by atoms with E-state index in [2.05, 4.69) is 20.7 Å². The van der Waals surface area contributed by atoms with E-state index in [1.54, 1.807) is 36.4 Å². The van der Waals surface area contributed by atoms with Crippen LogP contribution in [0.5, 0.6) is 0 Å². The number of rotatable bonds is 3. The first kappa shape index (κ1) is 13.1. The first-order valence-corrected chi connectivity index (χ1v) is 7.60. The lowest BCUT2D eigenvalue weighted by Crippen LogP contribution is -2.12. The Morgan fingerprint density at radius 1 is 1.06 bits per heavy atom. The summed E-state index contributed by atoms with van der Waals surface area (Å²) in [5.74, 6) is 0. The molecule has 0 unspecified atom stereocenters. The van der Waals surface area contributed by atoms with Gasteiger partial charge in [-0.25, -0.2) is 8.42 Å². The van der Waals surface area contributed by atoms with Crippen LogP contribution in [0.2, 0.25) is 0 Å². The number of sulfonamides is 1. The zero-order valence-electron chi connectivity index (χ0n) is 9.72. The summed E-state index contributed by atoms with van der Waals surface area (Å²) in [6, 6.07) is 13.8. The van der Waals surface area contributed by atoms with Gasteiger partial charge in [0.15, 0.2) is 0 Å². The molecular formula is C13H12BrNO2S. The Balaban J connectivity index is 2.30. The van der Waals surface area contributed by atoms with Gasteiger partial charge in [0.1, 0.15) is 0 Å². The van der Waals surface area contributed by atoms with E-state index in [-0.39, 0.29) is 4.90 Å². The van der Waals surface area contributed by atoms with Gasteiger partial charge in [0.25, 0.3) is 10.0 Å². The molecule has 2 aromatic rings. The third-order valence-electron chi connectivity index (χ3n) is 2.39. The van der Waals surface area contributed by atoms with E-state index in [9.17, 15) is 8.42 Å². The summed E-state index contributed by atoms with van der Waals surface area (Å²) in [6.07, 6.45) is 0. The van der Waals surface area contributed by atoms with Crippen molar-refractivity contribution in [3.05, 3.63) is 58.6 Å². The molecule has 2 rings (SSSR count). The van der Waals surface area contributed by atoms with Gasteiger partial charge in [-0.05, 0) is 48.9 Å². The highest BCUT2D eigenvalue weighted by Gasteiger charge is 2.13. The zero-order valence-corrected chi connectivity index (χ0v) is 12.1. The number of anilines is 1. The first-order valence-electron chi connectivity index (χ1n) is 5.32. The molecular weight excluding hydrogens is 314 g/mol. The Hall–Kier alpha value is -1.33. The van der Waals surface area contributed by atoms with Crippen LogP contribution in [-0.2, 0) is 10.0 Å². The zero-order chi connectivity index (χ0) is 13.2. The molecule has 0 amide bonds. The van der Waals surface area contributed by atoms with Crippen molar-refractivity contribution < 1.29 is 8.42 Å². The van der Waals surface area contributed by atoms with Gasteiger partial charge in [0, 0.05) is 10.2 Å². The molecule has 0 fully saturated rings. The molecule has 18 heavy (non-hydrogen) atoms. The third-order valence-corrected chi connectivity index (χ3v) is 4.32. The predicted molar refractivity (Wildman–Crippen MR) is 76.1 cm³/mol. The molecule has 94 valence electrons. The van der Waals surface area contributed by atoms with Crippen molar-refractivity contribution in [1.82, 2.24) is 0 Å². The predicted octanol–water partition coefficient (Wildman–Crippen LogP) is 3.56. The van der Waals surface area contributed by atoms with E-state index in [0.717, 1.165) is 10.0 Å². The lowest BCUT2D eigenvalue weighted by Gasteiger charge is -2.08. The van der Waals surface area contributed by atoms with Crippen LogP contribution in [-0.4, -0.2) is 8.42 Å². The highest BCUT2D eigenvalue weighted by Crippen LogP contribution is 2.19. The molecule has 0 aromatic heterocycles. The summed E-state index contributed by atoms with van der Waals surface area (Å²) >= 11 is 3.27. The minimum Gasteiger partial charge on any atom is -0.280 e. The molecule has 0 saturated carbocycles. The number of hydrogen-bond acceptors (Lipinski definition) is 2. The molecule has 1 N–H and O–H groups in total. The monoisotopic (exact) mass is 325 g/mol. The third kappa shape index (κ3) is 3.11. The largest absolute Gasteiger partial charge is 0.280 e. The summed E-state index contributed by atoms with van der Waals surface area (Å²) in [5.41, 5.74) is 1.57. The summed E-state index contributed by atoms with van der Waals surface area (Å²) in [7, 11) is -3.52. The Bertz CT molecular complexity index is 651. The molecule has 0 saturated heterocycles. The molecule has 0 aliphatic carbocycles. The lowest BCUT2D eigenvalue weighted by atomic mass is 10.2. The van der Waals surface area contributed by atoms with E-state index < -0.39 is 10.0 Å². The topological polar surface area (TPSA) is 46.2 Å². The van der Waals surface area contributed by atoms with Crippen molar-refractivity contribution in [1.29, 1.82) is 0 Å². The van der Waals surface area contributed by atoms with Crippen molar-refractivity contribution in [3.8, 4) is 0 Å². The van der Waals surface area contributed by atoms with Crippen LogP contribution in [0.25, 0.3) is 0 Å². The molecule has 5 heteroatoms. The smallest absolute Gasteiger partial charge is 0.261 e. The molecule has 0 atom stereocenters. The fourth-order valence-electron chi connectivity index (χ4n) is 1.54. The average Bonchev–Trinajstić information content (AvgIpc) is 2.29. The van der Waals surface area contributed by atoms with Crippen molar-refractivity contribution in [2.45, 2.75) is 11.8 Å². The van der Waals surface area contributed by atoms with Gasteiger partial charge in [-0.1, -0.05) is 28.1 Å². The molecule has 0 radical (unpaired) electrons. The van der Waals surface area contributed by atoms with Gasteiger partial charge < -0.3 is 0 Å². The van der Waals surface area contributed by atoms with Gasteiger partial charge >= 0.3 is 0 Å². The van der Waals surface area contributed by atoms with Crippen LogP contribution in [0, 0.1) is 6.92 Å². The summed E-state index contributed by atoms with van der Waals surface area (Å²) in [5, 5.41) is 0. The highest BCUT2D eigenvalue weighted by molar-refractivity contribution is 9.10. The summed E-state index contributed by atoms with van der Waals surface area (Å²) in [4.78, 5) is 0.243. The lowest BCUT2D eigenvalue weighted by molar-refractivity contribution is 0.601. The van der Waals surface area contributed by atoms with Crippen molar-refractivity contribution in [2.75, 3.05) is 4.72 Å². The SMILES string of the molecule is Cc1cccc(NS(=O)(=O)c2ccc(Br)cc2)c1. The van der Waals surface area contributed by atoms with Gasteiger partial charge in [0.05, 0.1) is 4.90 Å². The Morgan fingerprint density at radius 2 is 1.72 bits per heavy atom. The number of benzene rings is 2. The molecule has 0 aliphatic heterocycles. The molecule has 0 heterocycles. The highest BCUT2D eigenvalue weighted by atomic mass is 79.9. The minimum absolute atomic E-state index is 0.243. The van der Waals surface area contributed by atoms with E-state index in [1.807, 2.05) is 19.1 Å². The van der Waals surface area contributed by atoms with E-state index in [1.165, 1.54) is 0 Å². The molecule has 2 aromatic carbocycles. The van der Waals surface area contributed by atoms with Crippen molar-refractivity contribution in [3.63, 3.8) is 0 Å². The molecule has 3 nitrogen and oxygen atoms in total. The normalized spacial score (nSPS) is 11.2. The van der Waals surface area contributed by atoms with Crippen LogP contribution in [0.15, 0.2) is 57.9 Å². The fraction of sp³-hybridized carbons (Fsp3) is 0.0769. The Kier molecular flexibility index (Phi) is 3.73. The van der Waals surface area contributed by atoms with Crippen molar-refractivity contribution in [2.24, 2.45) is 0 Å². The first-order chi connectivity index (χ1) is 8.47. The molecule has 0 aliphatic rings. The van der Waals surface area contributed by atoms with E-state index in [4.69, 9.17) is 0 Å². The van der Waals surface area contributed by atoms with E-state index in [0.29, 0.717) is 5.69 Å². The van der Waals surface area contributed by atoms with Crippen LogP contribution < -0.4 is 4.72 Å². The maximum Gasteiger partial charge on any atom is 0.261 e. The van der Waals surface area contributed by atoms with Crippen LogP contribution in [0.3, 0.4) is 0 Å². The molecule has 0 spiro atoms. The Labute approximate surface area is 115 Å². The van der Waals surface area contributed by atoms with Crippen molar-refractivity contribution >= 4 is 31.6 Å². The minimum atomic E-state index is -3.52. The average molecular weight is 326 g/mol. The fourth-order valence-corrected chi connectivity index (χ4v) is 2.85. The van der Waals surface area contributed by atoms with Gasteiger partial charge in [-0.2, -0.15) is 0 Å². The van der Waals surface area contributed by atoms with Crippen LogP contribution >= 0.6 is 15.9 Å². The summed E-state index contributed by atoms with van der Waals surface area (Å²) in [6.45, 7) is 1.91. The molecule has 0 bridgehead atoms. The number of aryl methyl sites for hydroxylation is 1. The number of hydrogen-bond donors (Lipinski definition) is 1. The second kappa shape index (κ2) is 5.12. The maximum absolute atomic E-state index is 12.1. The number of nitrogens with one attached hydrogen (secondary N) is 1. The maximum atomic E-state index is 12.1. The Morgan fingerprint density at radius 3 is 2.33 bits per heavy atom. The van der Waals surface area contributed by atoms with Gasteiger partial charge in [-0.3, -0.25) is 4.72 Å². The second-order valence-corrected chi connectivity index (χ2v) is 6.53. The second-order valence-electron chi connectivity index (χ2n) is 3.93. The van der Waals surface area contributed by atoms with Crippen LogP contribution in [0.4, 0.5) is 5.69 Å². The van der Waals surface area contributed by atoms with Gasteiger partial charge in [-0.15, -0.1) is 0 Å².